The summed E-state index contributed by atoms with van der Waals surface area (Å²) in [6.45, 7) is 4.55. The van der Waals surface area contributed by atoms with Crippen molar-refractivity contribution in [2.75, 3.05) is 13.1 Å². The second kappa shape index (κ2) is 7.90. The maximum absolute atomic E-state index is 12.8. The van der Waals surface area contributed by atoms with E-state index in [4.69, 9.17) is 0 Å². The summed E-state index contributed by atoms with van der Waals surface area (Å²) in [6, 6.07) is 13.1. The van der Waals surface area contributed by atoms with Gasteiger partial charge in [0.05, 0.1) is 12.0 Å². The highest BCUT2D eigenvalue weighted by molar-refractivity contribution is 7.91. The summed E-state index contributed by atoms with van der Waals surface area (Å²) >= 11 is 1.28. The summed E-state index contributed by atoms with van der Waals surface area (Å²) in [5.74, 6) is -0.394. The number of carbonyl (C=O) groups excluding carboxylic acids is 1. The second-order valence-electron chi connectivity index (χ2n) is 6.71. The summed E-state index contributed by atoms with van der Waals surface area (Å²) in [5, 5.41) is 3.02. The Kier molecular flexibility index (Phi) is 5.79. The minimum atomic E-state index is -3.52. The highest BCUT2D eigenvalue weighted by Gasteiger charge is 2.34. The van der Waals surface area contributed by atoms with Gasteiger partial charge in [0, 0.05) is 18.0 Å². The van der Waals surface area contributed by atoms with Crippen molar-refractivity contribution in [2.24, 2.45) is 5.92 Å². The number of sulfonamides is 1. The molecule has 1 saturated heterocycles. The first-order valence-corrected chi connectivity index (χ1v) is 11.1. The van der Waals surface area contributed by atoms with Crippen molar-refractivity contribution in [1.29, 1.82) is 0 Å². The summed E-state index contributed by atoms with van der Waals surface area (Å²) in [6.07, 6.45) is 1.41. The molecule has 1 N–H and O–H groups in total. The molecule has 1 aromatic carbocycles. The van der Waals surface area contributed by atoms with Gasteiger partial charge in [-0.25, -0.2) is 8.42 Å². The predicted molar refractivity (Wildman–Crippen MR) is 104 cm³/mol. The average molecular weight is 393 g/mol. The predicted octanol–water partition coefficient (Wildman–Crippen LogP) is 3.33. The molecule has 7 heteroatoms. The summed E-state index contributed by atoms with van der Waals surface area (Å²) in [4.78, 5) is 13.6. The molecule has 1 amide bonds. The van der Waals surface area contributed by atoms with Crippen LogP contribution in [0.1, 0.15) is 36.2 Å². The van der Waals surface area contributed by atoms with E-state index in [1.165, 1.54) is 15.6 Å². The molecule has 2 atom stereocenters. The molecule has 0 saturated carbocycles. The van der Waals surface area contributed by atoms with Crippen molar-refractivity contribution in [1.82, 2.24) is 9.62 Å². The number of nitrogens with one attached hydrogen (secondary N) is 1. The van der Waals surface area contributed by atoms with Gasteiger partial charge in [0.2, 0.25) is 5.91 Å². The number of carbonyl (C=O) groups is 1. The van der Waals surface area contributed by atoms with Crippen LogP contribution in [0.25, 0.3) is 0 Å². The van der Waals surface area contributed by atoms with E-state index in [9.17, 15) is 13.2 Å². The average Bonchev–Trinajstić information content (AvgIpc) is 3.10. The number of hydrogen-bond donors (Lipinski definition) is 1. The second-order valence-corrected chi connectivity index (χ2v) is 10.2. The van der Waals surface area contributed by atoms with Gasteiger partial charge in [-0.2, -0.15) is 4.31 Å². The fourth-order valence-corrected chi connectivity index (χ4v) is 6.17. The summed E-state index contributed by atoms with van der Waals surface area (Å²) in [5.41, 5.74) is 1.04. The molecule has 26 heavy (non-hydrogen) atoms. The van der Waals surface area contributed by atoms with Crippen molar-refractivity contribution in [3.63, 3.8) is 0 Å². The number of thiophene rings is 1. The normalized spacial score (nSPS) is 19.8. The van der Waals surface area contributed by atoms with Gasteiger partial charge in [-0.3, -0.25) is 4.79 Å². The molecule has 1 aromatic heterocycles. The number of benzene rings is 1. The van der Waals surface area contributed by atoms with E-state index in [0.717, 1.165) is 10.4 Å². The van der Waals surface area contributed by atoms with Crippen LogP contribution in [0.4, 0.5) is 0 Å². The Balaban J connectivity index is 1.67. The lowest BCUT2D eigenvalue weighted by Crippen LogP contribution is -2.45. The number of rotatable bonds is 5. The molecule has 2 aromatic rings. The van der Waals surface area contributed by atoms with Crippen LogP contribution in [0.3, 0.4) is 0 Å². The van der Waals surface area contributed by atoms with E-state index in [1.807, 2.05) is 50.2 Å². The minimum absolute atomic E-state index is 0.0800. The first-order valence-electron chi connectivity index (χ1n) is 8.80. The number of nitrogens with zero attached hydrogens (tertiary/aromatic N) is 1. The molecular formula is C19H24N2O3S2. The molecule has 1 fully saturated rings. The van der Waals surface area contributed by atoms with Crippen LogP contribution in [0.15, 0.2) is 46.7 Å². The monoisotopic (exact) mass is 392 g/mol. The van der Waals surface area contributed by atoms with Crippen molar-refractivity contribution in [3.05, 3.63) is 52.9 Å². The van der Waals surface area contributed by atoms with Crippen molar-refractivity contribution in [3.8, 4) is 0 Å². The van der Waals surface area contributed by atoms with Crippen LogP contribution in [0.2, 0.25) is 0 Å². The molecule has 0 unspecified atom stereocenters. The largest absolute Gasteiger partial charge is 0.349 e. The number of piperidine rings is 1. The smallest absolute Gasteiger partial charge is 0.252 e. The number of hydrogen-bond acceptors (Lipinski definition) is 4. The Morgan fingerprint density at radius 2 is 1.96 bits per heavy atom. The third kappa shape index (κ3) is 4.16. The van der Waals surface area contributed by atoms with Crippen LogP contribution in [0, 0.1) is 12.8 Å². The van der Waals surface area contributed by atoms with E-state index in [2.05, 4.69) is 5.32 Å². The Morgan fingerprint density at radius 1 is 1.23 bits per heavy atom. The van der Waals surface area contributed by atoms with Crippen molar-refractivity contribution in [2.45, 2.75) is 36.9 Å². The zero-order chi connectivity index (χ0) is 18.7. The van der Waals surface area contributed by atoms with Gasteiger partial charge in [-0.15, -0.1) is 11.3 Å². The molecule has 0 bridgehead atoms. The fraction of sp³-hybridized carbons (Fsp3) is 0.421. The van der Waals surface area contributed by atoms with Gasteiger partial charge in [-0.05, 0) is 44.4 Å². The molecule has 0 aliphatic carbocycles. The van der Waals surface area contributed by atoms with E-state index in [1.54, 1.807) is 6.07 Å². The molecule has 5 nitrogen and oxygen atoms in total. The van der Waals surface area contributed by atoms with Crippen LogP contribution in [0.5, 0.6) is 0 Å². The van der Waals surface area contributed by atoms with Gasteiger partial charge in [0.25, 0.3) is 10.0 Å². The first-order chi connectivity index (χ1) is 12.4. The maximum atomic E-state index is 12.8. The van der Waals surface area contributed by atoms with Crippen molar-refractivity contribution >= 4 is 27.3 Å². The van der Waals surface area contributed by atoms with Crippen LogP contribution in [-0.4, -0.2) is 31.7 Å². The lowest BCUT2D eigenvalue weighted by molar-refractivity contribution is -0.126. The Bertz CT molecular complexity index is 862. The summed E-state index contributed by atoms with van der Waals surface area (Å²) in [7, 11) is -3.52. The van der Waals surface area contributed by atoms with E-state index >= 15 is 0 Å². The maximum Gasteiger partial charge on any atom is 0.252 e. The highest BCUT2D eigenvalue weighted by Crippen LogP contribution is 2.28. The van der Waals surface area contributed by atoms with Crippen LogP contribution >= 0.6 is 11.3 Å². The molecule has 140 valence electrons. The molecule has 2 heterocycles. The molecule has 1 aliphatic rings. The quantitative estimate of drug-likeness (QED) is 0.849. The standard InChI is InChI=1S/C19H24N2O3S2/c1-14-10-11-18(25-14)26(23,24)21-12-6-9-17(13-21)19(22)20-15(2)16-7-4-3-5-8-16/h3-5,7-8,10-11,15,17H,6,9,12-13H2,1-2H3,(H,20,22)/t15-,17-/m0/s1. The third-order valence-electron chi connectivity index (χ3n) is 4.72. The zero-order valence-electron chi connectivity index (χ0n) is 15.0. The van der Waals surface area contributed by atoms with Crippen molar-refractivity contribution < 1.29 is 13.2 Å². The van der Waals surface area contributed by atoms with Gasteiger partial charge < -0.3 is 5.32 Å². The van der Waals surface area contributed by atoms with E-state index < -0.39 is 10.0 Å². The summed E-state index contributed by atoms with van der Waals surface area (Å²) < 4.78 is 27.4. The Hall–Kier alpha value is -1.70. The minimum Gasteiger partial charge on any atom is -0.349 e. The SMILES string of the molecule is Cc1ccc(S(=O)(=O)N2CCC[C@H](C(=O)N[C@@H](C)c3ccccc3)C2)s1. The topological polar surface area (TPSA) is 66.5 Å². The molecular weight excluding hydrogens is 368 g/mol. The van der Waals surface area contributed by atoms with Crippen LogP contribution in [-0.2, 0) is 14.8 Å². The van der Waals surface area contributed by atoms with Gasteiger partial charge in [-0.1, -0.05) is 30.3 Å². The lowest BCUT2D eigenvalue weighted by atomic mass is 9.98. The molecule has 1 aliphatic heterocycles. The number of amides is 1. The number of aryl methyl sites for hydroxylation is 1. The zero-order valence-corrected chi connectivity index (χ0v) is 16.6. The molecule has 0 radical (unpaired) electrons. The van der Waals surface area contributed by atoms with Gasteiger partial charge >= 0.3 is 0 Å². The van der Waals surface area contributed by atoms with E-state index in [0.29, 0.717) is 23.6 Å². The highest BCUT2D eigenvalue weighted by atomic mass is 32.2. The Morgan fingerprint density at radius 3 is 2.62 bits per heavy atom. The van der Waals surface area contributed by atoms with Gasteiger partial charge in [0.1, 0.15) is 4.21 Å². The lowest BCUT2D eigenvalue weighted by Gasteiger charge is -2.31. The first kappa shape index (κ1) is 19.1. The third-order valence-corrected chi connectivity index (χ3v) is 8.06. The Labute approximate surface area is 159 Å². The fourth-order valence-electron chi connectivity index (χ4n) is 3.21. The molecule has 3 rings (SSSR count). The van der Waals surface area contributed by atoms with E-state index in [-0.39, 0.29) is 24.4 Å². The van der Waals surface area contributed by atoms with Gasteiger partial charge in [0.15, 0.2) is 0 Å². The van der Waals surface area contributed by atoms with Crippen LogP contribution < -0.4 is 5.32 Å². The molecule has 0 spiro atoms.